The van der Waals surface area contributed by atoms with Crippen LogP contribution in [0.15, 0.2) is 57.9 Å². The fraction of sp³-hybridized carbons (Fsp3) is 0.100. The Balaban J connectivity index is 0.000000980. The maximum atomic E-state index is 6.23. The quantitative estimate of drug-likeness (QED) is 0.510. The van der Waals surface area contributed by atoms with Gasteiger partial charge in [0.05, 0.1) is 0 Å². The van der Waals surface area contributed by atoms with Gasteiger partial charge in [0.25, 0.3) is 0 Å². The molecule has 5 rings (SSSR count). The van der Waals surface area contributed by atoms with Crippen LogP contribution in [-0.2, 0) is 19.7 Å². The molecule has 0 saturated carbocycles. The number of hydrogen-bond acceptors (Lipinski definition) is 2. The molecule has 0 spiro atoms. The predicted molar refractivity (Wildman–Crippen MR) is 108 cm³/mol. The Kier molecular flexibility index (Phi) is 6.65. The van der Waals surface area contributed by atoms with E-state index in [9.17, 15) is 0 Å². The van der Waals surface area contributed by atoms with Gasteiger partial charge in [-0.1, -0.05) is 0 Å². The van der Waals surface area contributed by atoms with Crippen molar-refractivity contribution < 1.29 is 44.5 Å². The van der Waals surface area contributed by atoms with Gasteiger partial charge in [0.1, 0.15) is 0 Å². The molecule has 2 aromatic rings. The molecule has 1 atom stereocenters. The summed E-state index contributed by atoms with van der Waals surface area (Å²) in [4.78, 5) is 0. The summed E-state index contributed by atoms with van der Waals surface area (Å²) < 4.78 is 3.25. The van der Waals surface area contributed by atoms with Gasteiger partial charge in [-0.15, -0.1) is 0 Å². The molecule has 26 heavy (non-hydrogen) atoms. The third-order valence-corrected chi connectivity index (χ3v) is 14.7. The van der Waals surface area contributed by atoms with Crippen LogP contribution in [-0.4, -0.2) is 5.75 Å². The predicted octanol–water partition coefficient (Wildman–Crippen LogP) is 0.0260. The number of rotatable bonds is 2. The third-order valence-electron chi connectivity index (χ3n) is 4.91. The van der Waals surface area contributed by atoms with Crippen LogP contribution >= 0.6 is 36.5 Å². The number of hydrogen-bond donors (Lipinski definition) is 0. The zero-order valence-corrected chi connectivity index (χ0v) is 20.7. The summed E-state index contributed by atoms with van der Waals surface area (Å²) in [6, 6.07) is 15.5. The Labute approximate surface area is 189 Å². The fourth-order valence-electron chi connectivity index (χ4n) is 3.78. The molecule has 0 nitrogen and oxygen atoms in total. The summed E-state index contributed by atoms with van der Waals surface area (Å²) in [7, 11) is 6.23. The van der Waals surface area contributed by atoms with Crippen molar-refractivity contribution in [3.8, 4) is 0 Å². The summed E-state index contributed by atoms with van der Waals surface area (Å²) in [5.74, 6) is 1.08. The van der Waals surface area contributed by atoms with E-state index >= 15 is 0 Å². The average molecular weight is 559 g/mol. The molecule has 0 N–H and O–H groups in total. The molecule has 1 aliphatic heterocycles. The van der Waals surface area contributed by atoms with Gasteiger partial charge in [-0.05, 0) is 0 Å². The van der Waals surface area contributed by atoms with Crippen LogP contribution in [0.2, 0.25) is 0 Å². The SMILES string of the molecule is [Cl-].[Cl-].[S]=[Zr+2]([c]1cccc2c1C=C1CSC(Br)=C12)[CH]1C=Cc2ccccc21. The van der Waals surface area contributed by atoms with Crippen molar-refractivity contribution >= 4 is 57.5 Å². The van der Waals surface area contributed by atoms with Gasteiger partial charge in [0.15, 0.2) is 0 Å². The molecular formula is C20H13BrCl2S2Zr. The molecule has 2 aromatic carbocycles. The Morgan fingerprint density at radius 1 is 1.08 bits per heavy atom. The second kappa shape index (κ2) is 8.27. The number of benzene rings is 2. The van der Waals surface area contributed by atoms with Gasteiger partial charge < -0.3 is 24.8 Å². The van der Waals surface area contributed by atoms with Crippen LogP contribution in [0, 0.1) is 0 Å². The van der Waals surface area contributed by atoms with Crippen molar-refractivity contribution in [2.75, 3.05) is 5.75 Å². The number of thioether (sulfide) groups is 1. The first-order valence-corrected chi connectivity index (χ1v) is 15.8. The summed E-state index contributed by atoms with van der Waals surface area (Å²) in [6.45, 7) is 0. The maximum absolute atomic E-state index is 6.23. The molecule has 0 fully saturated rings. The molecule has 2 aliphatic carbocycles. The van der Waals surface area contributed by atoms with Crippen LogP contribution in [0.5, 0.6) is 0 Å². The fourth-order valence-corrected chi connectivity index (χ4v) is 12.4. The molecule has 0 radical (unpaired) electrons. The zero-order valence-electron chi connectivity index (χ0n) is 13.5. The second-order valence-electron chi connectivity index (χ2n) is 6.20. The van der Waals surface area contributed by atoms with E-state index in [1.807, 2.05) is 11.8 Å². The normalized spacial score (nSPS) is 18.2. The summed E-state index contributed by atoms with van der Waals surface area (Å²) in [6.07, 6.45) is 7.03. The molecule has 0 amide bonds. The average Bonchev–Trinajstić information content (AvgIpc) is 3.28. The van der Waals surface area contributed by atoms with E-state index in [0.29, 0.717) is 3.63 Å². The van der Waals surface area contributed by atoms with Crippen molar-refractivity contribution in [3.63, 3.8) is 0 Å². The minimum absolute atomic E-state index is 0. The Hall–Kier alpha value is 0.173. The van der Waals surface area contributed by atoms with Crippen molar-refractivity contribution in [2.24, 2.45) is 0 Å². The van der Waals surface area contributed by atoms with Gasteiger partial charge in [-0.2, -0.15) is 0 Å². The minimum atomic E-state index is -2.22. The Bertz CT molecular complexity index is 1010. The molecule has 1 heterocycles. The van der Waals surface area contributed by atoms with E-state index in [1.165, 1.54) is 40.5 Å². The molecule has 6 heteroatoms. The Morgan fingerprint density at radius 3 is 2.73 bits per heavy atom. The van der Waals surface area contributed by atoms with Gasteiger partial charge in [0.2, 0.25) is 0 Å². The van der Waals surface area contributed by atoms with Crippen molar-refractivity contribution in [3.05, 3.63) is 80.2 Å². The topological polar surface area (TPSA) is 0 Å². The molecule has 0 bridgehead atoms. The van der Waals surface area contributed by atoms with Gasteiger partial charge in [0, 0.05) is 0 Å². The van der Waals surface area contributed by atoms with Gasteiger partial charge >= 0.3 is 167 Å². The first-order valence-electron chi connectivity index (χ1n) is 7.92. The number of allylic oxidation sites excluding steroid dienone is 2. The standard InChI is InChI=1S/C11H6BrS.C9H7.2ClH.S.Zr/c12-11-10-8(6-13-11)5-7-3-1-2-4-9(7)10;1-2-5-9-7-3-6-8(9)4-1;;;;/h1-2,4-5H,6H2;1-7H;2*1H;;/q;;;;;+2/p-2. The Morgan fingerprint density at radius 2 is 1.88 bits per heavy atom. The summed E-state index contributed by atoms with van der Waals surface area (Å²) >= 11 is 3.42. The van der Waals surface area contributed by atoms with E-state index in [1.54, 1.807) is 0 Å². The molecule has 0 aromatic heterocycles. The molecule has 0 saturated heterocycles. The molecular weight excluding hydrogens is 546 g/mol. The van der Waals surface area contributed by atoms with Crippen molar-refractivity contribution in [2.45, 2.75) is 3.63 Å². The summed E-state index contributed by atoms with van der Waals surface area (Å²) in [5, 5.41) is 0. The van der Waals surface area contributed by atoms with Crippen LogP contribution < -0.4 is 28.1 Å². The van der Waals surface area contributed by atoms with E-state index in [0.717, 1.165) is 5.75 Å². The third kappa shape index (κ3) is 3.25. The number of fused-ring (bicyclic) bond motifs is 4. The van der Waals surface area contributed by atoms with Gasteiger partial charge in [-0.3, -0.25) is 0 Å². The first kappa shape index (κ1) is 20.9. The van der Waals surface area contributed by atoms with Gasteiger partial charge in [-0.25, -0.2) is 0 Å². The number of halogens is 3. The van der Waals surface area contributed by atoms with E-state index in [-0.39, 0.29) is 24.8 Å². The second-order valence-corrected chi connectivity index (χ2v) is 15.8. The molecule has 1 unspecified atom stereocenters. The monoisotopic (exact) mass is 556 g/mol. The summed E-state index contributed by atoms with van der Waals surface area (Å²) in [5.41, 5.74) is 8.48. The van der Waals surface area contributed by atoms with Crippen LogP contribution in [0.4, 0.5) is 0 Å². The van der Waals surface area contributed by atoms with Crippen molar-refractivity contribution in [1.29, 1.82) is 0 Å². The van der Waals surface area contributed by atoms with Crippen molar-refractivity contribution in [1.82, 2.24) is 0 Å². The van der Waals surface area contributed by atoms with Crippen LogP contribution in [0.3, 0.4) is 0 Å². The van der Waals surface area contributed by atoms with E-state index in [4.69, 9.17) is 8.86 Å². The van der Waals surface area contributed by atoms with E-state index < -0.39 is 19.7 Å². The zero-order chi connectivity index (χ0) is 16.3. The van der Waals surface area contributed by atoms with E-state index in [2.05, 4.69) is 76.6 Å². The molecule has 3 aliphatic rings. The van der Waals surface area contributed by atoms with Crippen LogP contribution in [0.25, 0.3) is 17.7 Å². The van der Waals surface area contributed by atoms with Crippen LogP contribution in [0.1, 0.15) is 25.9 Å². The first-order chi connectivity index (χ1) is 11.7. The molecule has 130 valence electrons.